The minimum absolute atomic E-state index is 0.129. The summed E-state index contributed by atoms with van der Waals surface area (Å²) < 4.78 is 11.0. The van der Waals surface area contributed by atoms with Crippen LogP contribution >= 0.6 is 0 Å². The quantitative estimate of drug-likeness (QED) is 0.347. The van der Waals surface area contributed by atoms with Crippen LogP contribution in [-0.2, 0) is 14.3 Å². The Kier molecular flexibility index (Phi) is 7.98. The van der Waals surface area contributed by atoms with E-state index in [4.69, 9.17) is 9.47 Å². The fourth-order valence-corrected chi connectivity index (χ4v) is 4.47. The molecule has 2 aromatic rings. The van der Waals surface area contributed by atoms with Crippen molar-refractivity contribution in [2.24, 2.45) is 0 Å². The lowest BCUT2D eigenvalue weighted by molar-refractivity contribution is -0.140. The smallest absolute Gasteiger partial charge is 0.295 e. The lowest BCUT2D eigenvalue weighted by atomic mass is 9.95. The van der Waals surface area contributed by atoms with E-state index >= 15 is 0 Å². The molecule has 0 radical (unpaired) electrons. The summed E-state index contributed by atoms with van der Waals surface area (Å²) in [5, 5.41) is 11.2. The number of nitrogens with zero attached hydrogens (tertiary/aromatic N) is 2. The number of amides is 1. The standard InChI is InChI=1S/C27H32N2O5/c1-2-17-34-22-11-9-21(10-12-22)25(30)23-24(20-7-4-3-5-8-20)29(27(32)26(23)31)14-6-13-28-15-18-33-19-16-28/h3-5,7-12,24,30H,2,6,13-19H2,1H3/t24-/m0/s1. The summed E-state index contributed by atoms with van der Waals surface area (Å²) in [6.45, 7) is 7.08. The monoisotopic (exact) mass is 464 g/mol. The van der Waals surface area contributed by atoms with Gasteiger partial charge in [0.15, 0.2) is 0 Å². The number of ketones is 1. The van der Waals surface area contributed by atoms with E-state index in [0.717, 1.165) is 51.3 Å². The molecule has 2 aliphatic rings. The maximum atomic E-state index is 13.1. The molecule has 0 unspecified atom stereocenters. The van der Waals surface area contributed by atoms with Crippen molar-refractivity contribution in [3.63, 3.8) is 0 Å². The minimum atomic E-state index is -0.649. The molecule has 7 heteroatoms. The molecule has 7 nitrogen and oxygen atoms in total. The van der Waals surface area contributed by atoms with Crippen LogP contribution in [0.25, 0.3) is 5.76 Å². The van der Waals surface area contributed by atoms with E-state index < -0.39 is 17.7 Å². The molecule has 180 valence electrons. The van der Waals surface area contributed by atoms with Crippen LogP contribution in [0.2, 0.25) is 0 Å². The first-order valence-electron chi connectivity index (χ1n) is 12.0. The van der Waals surface area contributed by atoms with E-state index in [-0.39, 0.29) is 11.3 Å². The third kappa shape index (κ3) is 5.32. The number of ether oxygens (including phenoxy) is 2. The zero-order valence-electron chi connectivity index (χ0n) is 19.6. The first kappa shape index (κ1) is 24.0. The van der Waals surface area contributed by atoms with E-state index in [9.17, 15) is 14.7 Å². The Balaban J connectivity index is 1.61. The number of aliphatic hydroxyl groups is 1. The normalized spacial score (nSPS) is 20.6. The van der Waals surface area contributed by atoms with Crippen LogP contribution in [0.3, 0.4) is 0 Å². The Morgan fingerprint density at radius 2 is 1.74 bits per heavy atom. The molecule has 2 saturated heterocycles. The predicted octanol–water partition coefficient (Wildman–Crippen LogP) is 3.62. The second kappa shape index (κ2) is 11.3. The third-order valence-corrected chi connectivity index (χ3v) is 6.23. The summed E-state index contributed by atoms with van der Waals surface area (Å²) >= 11 is 0. The number of aliphatic hydroxyl groups excluding tert-OH is 1. The van der Waals surface area contributed by atoms with Crippen LogP contribution in [0.5, 0.6) is 5.75 Å². The molecule has 0 aromatic heterocycles. The Labute approximate surface area is 200 Å². The van der Waals surface area contributed by atoms with Crippen LogP contribution in [0.4, 0.5) is 0 Å². The Morgan fingerprint density at radius 1 is 1.03 bits per heavy atom. The Hall–Kier alpha value is -3.16. The van der Waals surface area contributed by atoms with Crippen molar-refractivity contribution in [1.29, 1.82) is 0 Å². The van der Waals surface area contributed by atoms with Gasteiger partial charge in [0.2, 0.25) is 0 Å². The zero-order chi connectivity index (χ0) is 23.9. The van der Waals surface area contributed by atoms with Crippen molar-refractivity contribution in [3.8, 4) is 5.75 Å². The van der Waals surface area contributed by atoms with Gasteiger partial charge < -0.3 is 19.5 Å². The van der Waals surface area contributed by atoms with Crippen LogP contribution in [0.15, 0.2) is 60.2 Å². The van der Waals surface area contributed by atoms with Crippen LogP contribution < -0.4 is 4.74 Å². The van der Waals surface area contributed by atoms with Crippen molar-refractivity contribution in [3.05, 3.63) is 71.3 Å². The maximum absolute atomic E-state index is 13.1. The number of carbonyl (C=O) groups excluding carboxylic acids is 2. The molecule has 1 atom stereocenters. The highest BCUT2D eigenvalue weighted by Gasteiger charge is 2.45. The second-order valence-corrected chi connectivity index (χ2v) is 8.58. The number of Topliss-reactive ketones (excluding diaryl/α,β-unsaturated/α-hetero) is 1. The molecule has 2 aliphatic heterocycles. The van der Waals surface area contributed by atoms with Gasteiger partial charge in [0.25, 0.3) is 11.7 Å². The van der Waals surface area contributed by atoms with Crippen molar-refractivity contribution in [2.45, 2.75) is 25.8 Å². The first-order chi connectivity index (χ1) is 16.6. The fraction of sp³-hybridized carbons (Fsp3) is 0.407. The van der Waals surface area contributed by atoms with Gasteiger partial charge in [-0.1, -0.05) is 37.3 Å². The minimum Gasteiger partial charge on any atom is -0.507 e. The fourth-order valence-electron chi connectivity index (χ4n) is 4.47. The molecule has 0 bridgehead atoms. The Bertz CT molecular complexity index is 1010. The summed E-state index contributed by atoms with van der Waals surface area (Å²) in [6.07, 6.45) is 1.63. The molecule has 1 amide bonds. The van der Waals surface area contributed by atoms with Gasteiger partial charge in [-0.05, 0) is 42.7 Å². The van der Waals surface area contributed by atoms with Gasteiger partial charge in [-0.15, -0.1) is 0 Å². The molecule has 0 aliphatic carbocycles. The van der Waals surface area contributed by atoms with Crippen molar-refractivity contribution in [1.82, 2.24) is 9.80 Å². The lowest BCUT2D eigenvalue weighted by Crippen LogP contribution is -2.38. The molecule has 34 heavy (non-hydrogen) atoms. The van der Waals surface area contributed by atoms with Gasteiger partial charge in [0.05, 0.1) is 31.4 Å². The van der Waals surface area contributed by atoms with Gasteiger partial charge in [-0.25, -0.2) is 0 Å². The van der Waals surface area contributed by atoms with Crippen molar-refractivity contribution < 1.29 is 24.2 Å². The van der Waals surface area contributed by atoms with Crippen LogP contribution in [0.1, 0.15) is 36.9 Å². The molecule has 2 aromatic carbocycles. The van der Waals surface area contributed by atoms with Gasteiger partial charge in [0, 0.05) is 31.7 Å². The molecule has 1 N–H and O–H groups in total. The molecule has 0 saturated carbocycles. The summed E-state index contributed by atoms with van der Waals surface area (Å²) in [5.41, 5.74) is 1.42. The highest BCUT2D eigenvalue weighted by Crippen LogP contribution is 2.39. The third-order valence-electron chi connectivity index (χ3n) is 6.23. The van der Waals surface area contributed by atoms with Gasteiger partial charge >= 0.3 is 0 Å². The number of rotatable bonds is 9. The topological polar surface area (TPSA) is 79.3 Å². The summed E-state index contributed by atoms with van der Waals surface area (Å²) in [7, 11) is 0. The van der Waals surface area contributed by atoms with Gasteiger partial charge in [0.1, 0.15) is 11.5 Å². The molecule has 0 spiro atoms. The van der Waals surface area contributed by atoms with Crippen molar-refractivity contribution >= 4 is 17.4 Å². The molecular weight excluding hydrogens is 432 g/mol. The van der Waals surface area contributed by atoms with E-state index in [2.05, 4.69) is 4.90 Å². The number of morpholine rings is 1. The van der Waals surface area contributed by atoms with Crippen molar-refractivity contribution in [2.75, 3.05) is 46.0 Å². The van der Waals surface area contributed by atoms with Crippen LogP contribution in [-0.4, -0.2) is 72.6 Å². The summed E-state index contributed by atoms with van der Waals surface area (Å²) in [5.74, 6) is -0.684. The molecule has 2 heterocycles. The first-order valence-corrected chi connectivity index (χ1v) is 12.0. The van der Waals surface area contributed by atoms with E-state index in [1.165, 1.54) is 0 Å². The SMILES string of the molecule is CCCOc1ccc(C(O)=C2C(=O)C(=O)N(CCCN3CCOCC3)[C@H]2c2ccccc2)cc1. The molecular formula is C27H32N2O5. The largest absolute Gasteiger partial charge is 0.507 e. The van der Waals surface area contributed by atoms with E-state index in [0.29, 0.717) is 24.5 Å². The molecule has 2 fully saturated rings. The highest BCUT2D eigenvalue weighted by atomic mass is 16.5. The maximum Gasteiger partial charge on any atom is 0.295 e. The number of likely N-dealkylation sites (tertiary alicyclic amines) is 1. The van der Waals surface area contributed by atoms with E-state index in [1.54, 1.807) is 29.2 Å². The number of hydrogen-bond acceptors (Lipinski definition) is 6. The number of hydrogen-bond donors (Lipinski definition) is 1. The number of benzene rings is 2. The zero-order valence-corrected chi connectivity index (χ0v) is 19.6. The van der Waals surface area contributed by atoms with Crippen LogP contribution in [0, 0.1) is 0 Å². The number of carbonyl (C=O) groups is 2. The summed E-state index contributed by atoms with van der Waals surface area (Å²) in [6, 6.07) is 15.8. The highest BCUT2D eigenvalue weighted by molar-refractivity contribution is 6.46. The summed E-state index contributed by atoms with van der Waals surface area (Å²) in [4.78, 5) is 30.1. The molecule has 4 rings (SSSR count). The average molecular weight is 465 g/mol. The predicted molar refractivity (Wildman–Crippen MR) is 130 cm³/mol. The average Bonchev–Trinajstić information content (AvgIpc) is 3.13. The second-order valence-electron chi connectivity index (χ2n) is 8.58. The Morgan fingerprint density at radius 3 is 2.41 bits per heavy atom. The van der Waals surface area contributed by atoms with Gasteiger partial charge in [-0.2, -0.15) is 0 Å². The van der Waals surface area contributed by atoms with Gasteiger partial charge in [-0.3, -0.25) is 14.5 Å². The lowest BCUT2D eigenvalue weighted by Gasteiger charge is -2.29. The van der Waals surface area contributed by atoms with E-state index in [1.807, 2.05) is 37.3 Å².